The second-order valence-corrected chi connectivity index (χ2v) is 7.19. The van der Waals surface area contributed by atoms with Crippen LogP contribution in [-0.2, 0) is 23.0 Å². The molecule has 0 spiro atoms. The summed E-state index contributed by atoms with van der Waals surface area (Å²) >= 11 is 1.54. The van der Waals surface area contributed by atoms with Gasteiger partial charge in [-0.2, -0.15) is 0 Å². The maximum atomic E-state index is 12.4. The van der Waals surface area contributed by atoms with Crippen LogP contribution in [0.15, 0.2) is 34.5 Å². The SMILES string of the molecule is CCc1ccsc1CNS(=O)(=O)c1cc(N)ccc1OC. The number of methoxy groups -OCH3 is 1. The Balaban J connectivity index is 2.25. The molecule has 0 saturated carbocycles. The van der Waals surface area contributed by atoms with Gasteiger partial charge in [0.15, 0.2) is 0 Å². The van der Waals surface area contributed by atoms with E-state index in [1.165, 1.54) is 13.2 Å². The van der Waals surface area contributed by atoms with Gasteiger partial charge in [0, 0.05) is 17.1 Å². The van der Waals surface area contributed by atoms with E-state index in [1.807, 2.05) is 18.4 Å². The topological polar surface area (TPSA) is 81.4 Å². The summed E-state index contributed by atoms with van der Waals surface area (Å²) in [6.07, 6.45) is 0.877. The molecular weight excluding hydrogens is 308 g/mol. The van der Waals surface area contributed by atoms with Crippen molar-refractivity contribution in [2.24, 2.45) is 0 Å². The number of ether oxygens (including phenoxy) is 1. The van der Waals surface area contributed by atoms with Gasteiger partial charge in [0.05, 0.1) is 7.11 Å². The van der Waals surface area contributed by atoms with Crippen molar-refractivity contribution < 1.29 is 13.2 Å². The summed E-state index contributed by atoms with van der Waals surface area (Å²) in [5.74, 6) is 0.276. The smallest absolute Gasteiger partial charge is 0.244 e. The van der Waals surface area contributed by atoms with Crippen molar-refractivity contribution in [3.8, 4) is 5.75 Å². The fourth-order valence-electron chi connectivity index (χ4n) is 1.98. The lowest BCUT2D eigenvalue weighted by atomic mass is 10.2. The van der Waals surface area contributed by atoms with Crippen LogP contribution < -0.4 is 15.2 Å². The van der Waals surface area contributed by atoms with Gasteiger partial charge in [-0.05, 0) is 41.6 Å². The highest BCUT2D eigenvalue weighted by atomic mass is 32.2. The van der Waals surface area contributed by atoms with Gasteiger partial charge in [0.1, 0.15) is 10.6 Å². The Kier molecular flexibility index (Phi) is 4.87. The van der Waals surface area contributed by atoms with Gasteiger partial charge in [-0.25, -0.2) is 13.1 Å². The Morgan fingerprint density at radius 3 is 2.76 bits per heavy atom. The average molecular weight is 326 g/mol. The van der Waals surface area contributed by atoms with Gasteiger partial charge < -0.3 is 10.5 Å². The van der Waals surface area contributed by atoms with Crippen molar-refractivity contribution in [3.63, 3.8) is 0 Å². The number of sulfonamides is 1. The molecule has 1 aromatic heterocycles. The van der Waals surface area contributed by atoms with E-state index in [2.05, 4.69) is 4.72 Å². The third kappa shape index (κ3) is 3.55. The van der Waals surface area contributed by atoms with Gasteiger partial charge >= 0.3 is 0 Å². The molecule has 2 rings (SSSR count). The van der Waals surface area contributed by atoms with Crippen LogP contribution in [0.3, 0.4) is 0 Å². The number of rotatable bonds is 6. The third-order valence-corrected chi connectivity index (χ3v) is 5.50. The molecule has 1 heterocycles. The van der Waals surface area contributed by atoms with E-state index >= 15 is 0 Å². The first-order valence-electron chi connectivity index (χ1n) is 6.46. The fraction of sp³-hybridized carbons (Fsp3) is 0.286. The zero-order chi connectivity index (χ0) is 15.5. The molecule has 0 aliphatic rings. The molecule has 21 heavy (non-hydrogen) atoms. The van der Waals surface area contributed by atoms with Crippen molar-refractivity contribution in [2.75, 3.05) is 12.8 Å². The van der Waals surface area contributed by atoms with Crippen LogP contribution in [0.4, 0.5) is 5.69 Å². The zero-order valence-electron chi connectivity index (χ0n) is 11.9. The number of anilines is 1. The highest BCUT2D eigenvalue weighted by Gasteiger charge is 2.20. The number of benzene rings is 1. The number of hydrogen-bond acceptors (Lipinski definition) is 5. The monoisotopic (exact) mass is 326 g/mol. The minimum Gasteiger partial charge on any atom is -0.495 e. The van der Waals surface area contributed by atoms with Crippen LogP contribution in [-0.4, -0.2) is 15.5 Å². The molecule has 7 heteroatoms. The summed E-state index contributed by atoms with van der Waals surface area (Å²) in [5, 5.41) is 1.96. The third-order valence-electron chi connectivity index (χ3n) is 3.12. The molecular formula is C14H18N2O3S2. The molecule has 114 valence electrons. The van der Waals surface area contributed by atoms with E-state index < -0.39 is 10.0 Å². The molecule has 1 aromatic carbocycles. The largest absolute Gasteiger partial charge is 0.495 e. The standard InChI is InChI=1S/C14H18N2O3S2/c1-3-10-6-7-20-13(10)9-16-21(17,18)14-8-11(15)4-5-12(14)19-2/h4-8,16H,3,9,15H2,1-2H3. The summed E-state index contributed by atoms with van der Waals surface area (Å²) in [4.78, 5) is 1.07. The van der Waals surface area contributed by atoms with E-state index in [4.69, 9.17) is 10.5 Å². The Morgan fingerprint density at radius 2 is 2.10 bits per heavy atom. The number of nitrogens with one attached hydrogen (secondary N) is 1. The molecule has 3 N–H and O–H groups in total. The lowest BCUT2D eigenvalue weighted by Gasteiger charge is -2.11. The quantitative estimate of drug-likeness (QED) is 0.799. The molecule has 0 aliphatic carbocycles. The molecule has 0 atom stereocenters. The highest BCUT2D eigenvalue weighted by molar-refractivity contribution is 7.89. The average Bonchev–Trinajstić information content (AvgIpc) is 2.92. The van der Waals surface area contributed by atoms with Crippen LogP contribution in [0.1, 0.15) is 17.4 Å². The number of nitrogen functional groups attached to an aromatic ring is 1. The molecule has 0 unspecified atom stereocenters. The molecule has 0 bridgehead atoms. The predicted molar refractivity (Wildman–Crippen MR) is 85.1 cm³/mol. The minimum atomic E-state index is -3.67. The van der Waals surface area contributed by atoms with E-state index in [9.17, 15) is 8.42 Å². The molecule has 0 saturated heterocycles. The van der Waals surface area contributed by atoms with Gasteiger partial charge in [0.25, 0.3) is 0 Å². The summed E-state index contributed by atoms with van der Waals surface area (Å²) in [7, 11) is -2.25. The van der Waals surface area contributed by atoms with Crippen LogP contribution >= 0.6 is 11.3 Å². The first kappa shape index (κ1) is 15.8. The maximum Gasteiger partial charge on any atom is 0.244 e. The van der Waals surface area contributed by atoms with Crippen LogP contribution in [0, 0.1) is 0 Å². The van der Waals surface area contributed by atoms with Crippen molar-refractivity contribution in [1.82, 2.24) is 4.72 Å². The van der Waals surface area contributed by atoms with E-state index in [0.29, 0.717) is 5.69 Å². The summed E-state index contributed by atoms with van der Waals surface area (Å²) < 4.78 is 32.5. The van der Waals surface area contributed by atoms with Gasteiger partial charge in [-0.1, -0.05) is 6.92 Å². The second-order valence-electron chi connectivity index (χ2n) is 4.46. The first-order chi connectivity index (χ1) is 9.97. The summed E-state index contributed by atoms with van der Waals surface area (Å²) in [5.41, 5.74) is 7.20. The number of thiophene rings is 1. The second kappa shape index (κ2) is 6.46. The number of nitrogens with two attached hydrogens (primary N) is 1. The molecule has 0 amide bonds. The molecule has 0 radical (unpaired) electrons. The van der Waals surface area contributed by atoms with Crippen molar-refractivity contribution in [3.05, 3.63) is 40.1 Å². The summed E-state index contributed by atoms with van der Waals surface area (Å²) in [6.45, 7) is 2.31. The van der Waals surface area contributed by atoms with Crippen LogP contribution in [0.2, 0.25) is 0 Å². The summed E-state index contributed by atoms with van der Waals surface area (Å²) in [6, 6.07) is 6.56. The molecule has 2 aromatic rings. The van der Waals surface area contributed by atoms with Gasteiger partial charge in [-0.15, -0.1) is 11.3 Å². The predicted octanol–water partition coefficient (Wildman–Crippen LogP) is 2.38. The molecule has 0 aliphatic heterocycles. The zero-order valence-corrected chi connectivity index (χ0v) is 13.6. The maximum absolute atomic E-state index is 12.4. The lowest BCUT2D eigenvalue weighted by molar-refractivity contribution is 0.402. The molecule has 0 fully saturated rings. The Bertz CT molecular complexity index is 724. The number of hydrogen-bond donors (Lipinski definition) is 2. The molecule has 5 nitrogen and oxygen atoms in total. The van der Waals surface area contributed by atoms with E-state index in [1.54, 1.807) is 23.5 Å². The Labute approximate surface area is 128 Å². The van der Waals surface area contributed by atoms with Crippen molar-refractivity contribution >= 4 is 27.0 Å². The lowest BCUT2D eigenvalue weighted by Crippen LogP contribution is -2.24. The number of aryl methyl sites for hydroxylation is 1. The minimum absolute atomic E-state index is 0.0552. The van der Waals surface area contributed by atoms with Crippen molar-refractivity contribution in [2.45, 2.75) is 24.8 Å². The first-order valence-corrected chi connectivity index (χ1v) is 8.82. The van der Waals surface area contributed by atoms with Gasteiger partial charge in [-0.3, -0.25) is 0 Å². The van der Waals surface area contributed by atoms with Gasteiger partial charge in [0.2, 0.25) is 10.0 Å². The van der Waals surface area contributed by atoms with E-state index in [-0.39, 0.29) is 17.2 Å². The van der Waals surface area contributed by atoms with E-state index in [0.717, 1.165) is 16.9 Å². The Morgan fingerprint density at radius 1 is 1.33 bits per heavy atom. The normalized spacial score (nSPS) is 11.5. The Hall–Kier alpha value is -1.57. The van der Waals surface area contributed by atoms with Crippen LogP contribution in [0.5, 0.6) is 5.75 Å². The fourth-order valence-corrected chi connectivity index (χ4v) is 4.18. The van der Waals surface area contributed by atoms with Crippen molar-refractivity contribution in [1.29, 1.82) is 0 Å². The van der Waals surface area contributed by atoms with Crippen LogP contribution in [0.25, 0.3) is 0 Å². The highest BCUT2D eigenvalue weighted by Crippen LogP contribution is 2.26.